The van der Waals surface area contributed by atoms with Crippen molar-refractivity contribution in [1.29, 1.82) is 0 Å². The molecule has 1 aliphatic carbocycles. The van der Waals surface area contributed by atoms with Gasteiger partial charge in [0.1, 0.15) is 5.75 Å². The smallest absolute Gasteiger partial charge is 0.118 e. The Balaban J connectivity index is 1.90. The summed E-state index contributed by atoms with van der Waals surface area (Å²) in [4.78, 5) is 0. The van der Waals surface area contributed by atoms with E-state index in [4.69, 9.17) is 9.47 Å². The summed E-state index contributed by atoms with van der Waals surface area (Å²) in [6, 6.07) is 8.42. The molecule has 3 heteroatoms. The van der Waals surface area contributed by atoms with Crippen LogP contribution in [-0.2, 0) is 4.74 Å². The fraction of sp³-hybridized carbons (Fsp3) is 0.571. The van der Waals surface area contributed by atoms with Gasteiger partial charge < -0.3 is 14.8 Å². The molecular weight excluding hydrogens is 214 g/mol. The first-order chi connectivity index (χ1) is 8.33. The molecule has 1 unspecified atom stereocenters. The summed E-state index contributed by atoms with van der Waals surface area (Å²) in [5, 5.41) is 3.29. The van der Waals surface area contributed by atoms with Crippen LogP contribution in [0.2, 0.25) is 0 Å². The molecule has 1 aromatic carbocycles. The monoisotopic (exact) mass is 235 g/mol. The molecule has 1 aliphatic rings. The minimum Gasteiger partial charge on any atom is -0.497 e. The minimum atomic E-state index is 0.265. The fourth-order valence-electron chi connectivity index (χ4n) is 1.95. The van der Waals surface area contributed by atoms with Crippen LogP contribution < -0.4 is 10.1 Å². The molecule has 17 heavy (non-hydrogen) atoms. The summed E-state index contributed by atoms with van der Waals surface area (Å²) in [7, 11) is 3.66. The highest BCUT2D eigenvalue weighted by Crippen LogP contribution is 2.24. The summed E-state index contributed by atoms with van der Waals surface area (Å²) in [5.74, 6) is 0.892. The number of ether oxygens (including phenoxy) is 2. The highest BCUT2D eigenvalue weighted by atomic mass is 16.5. The van der Waals surface area contributed by atoms with Crippen molar-refractivity contribution in [3.63, 3.8) is 0 Å². The number of methoxy groups -OCH3 is 1. The molecule has 1 aromatic rings. The van der Waals surface area contributed by atoms with Gasteiger partial charge in [-0.15, -0.1) is 0 Å². The van der Waals surface area contributed by atoms with Crippen LogP contribution in [0.4, 0.5) is 0 Å². The molecule has 0 aliphatic heterocycles. The third kappa shape index (κ3) is 3.20. The van der Waals surface area contributed by atoms with E-state index in [1.807, 2.05) is 19.2 Å². The summed E-state index contributed by atoms with van der Waals surface area (Å²) in [6.07, 6.45) is 4.25. The van der Waals surface area contributed by atoms with Crippen molar-refractivity contribution in [2.75, 3.05) is 20.8 Å². The van der Waals surface area contributed by atoms with E-state index >= 15 is 0 Å². The molecule has 0 amide bonds. The lowest BCUT2D eigenvalue weighted by Gasteiger charge is -2.28. The molecule has 0 heterocycles. The third-order valence-electron chi connectivity index (χ3n) is 3.42. The Morgan fingerprint density at radius 2 is 2.00 bits per heavy atom. The van der Waals surface area contributed by atoms with E-state index in [0.29, 0.717) is 6.10 Å². The van der Waals surface area contributed by atoms with E-state index < -0.39 is 0 Å². The van der Waals surface area contributed by atoms with Gasteiger partial charge in [-0.1, -0.05) is 12.1 Å². The highest BCUT2D eigenvalue weighted by molar-refractivity contribution is 5.29. The predicted octanol–water partition coefficient (Wildman–Crippen LogP) is 2.52. The summed E-state index contributed by atoms with van der Waals surface area (Å²) >= 11 is 0. The van der Waals surface area contributed by atoms with E-state index in [-0.39, 0.29) is 6.04 Å². The molecule has 2 rings (SSSR count). The van der Waals surface area contributed by atoms with Crippen LogP contribution >= 0.6 is 0 Å². The Hall–Kier alpha value is -1.06. The number of hydrogen-bond donors (Lipinski definition) is 1. The molecule has 0 bridgehead atoms. The second-order valence-corrected chi connectivity index (χ2v) is 4.50. The first kappa shape index (κ1) is 12.4. The van der Waals surface area contributed by atoms with E-state index in [1.165, 1.54) is 24.8 Å². The quantitative estimate of drug-likeness (QED) is 0.822. The Morgan fingerprint density at radius 1 is 1.29 bits per heavy atom. The van der Waals surface area contributed by atoms with Gasteiger partial charge in [-0.05, 0) is 44.0 Å². The molecule has 0 aromatic heterocycles. The Morgan fingerprint density at radius 3 is 2.47 bits per heavy atom. The zero-order valence-electron chi connectivity index (χ0n) is 10.6. The van der Waals surface area contributed by atoms with Crippen LogP contribution in [0.15, 0.2) is 24.3 Å². The van der Waals surface area contributed by atoms with Crippen molar-refractivity contribution in [2.24, 2.45) is 0 Å². The van der Waals surface area contributed by atoms with Gasteiger partial charge in [-0.25, -0.2) is 0 Å². The van der Waals surface area contributed by atoms with Crippen LogP contribution in [0.3, 0.4) is 0 Å². The second kappa shape index (κ2) is 6.03. The molecule has 0 spiro atoms. The van der Waals surface area contributed by atoms with Crippen LogP contribution in [0, 0.1) is 0 Å². The maximum atomic E-state index is 5.85. The van der Waals surface area contributed by atoms with Gasteiger partial charge in [0.25, 0.3) is 0 Å². The van der Waals surface area contributed by atoms with Crippen molar-refractivity contribution < 1.29 is 9.47 Å². The fourth-order valence-corrected chi connectivity index (χ4v) is 1.95. The molecule has 1 fully saturated rings. The van der Waals surface area contributed by atoms with Crippen molar-refractivity contribution in [1.82, 2.24) is 5.32 Å². The van der Waals surface area contributed by atoms with Crippen molar-refractivity contribution in [3.05, 3.63) is 29.8 Å². The lowest BCUT2D eigenvalue weighted by Crippen LogP contribution is -2.28. The Labute approximate surface area is 103 Å². The summed E-state index contributed by atoms with van der Waals surface area (Å²) < 4.78 is 11.0. The van der Waals surface area contributed by atoms with E-state index in [2.05, 4.69) is 17.4 Å². The van der Waals surface area contributed by atoms with Crippen LogP contribution in [-0.4, -0.2) is 26.9 Å². The molecule has 3 nitrogen and oxygen atoms in total. The topological polar surface area (TPSA) is 30.5 Å². The number of benzene rings is 1. The largest absolute Gasteiger partial charge is 0.497 e. The van der Waals surface area contributed by atoms with Crippen LogP contribution in [0.5, 0.6) is 5.75 Å². The minimum absolute atomic E-state index is 0.265. The Kier molecular flexibility index (Phi) is 4.40. The zero-order chi connectivity index (χ0) is 12.1. The van der Waals surface area contributed by atoms with Gasteiger partial charge in [-0.3, -0.25) is 0 Å². The first-order valence-electron chi connectivity index (χ1n) is 6.26. The van der Waals surface area contributed by atoms with E-state index in [0.717, 1.165) is 12.4 Å². The zero-order valence-corrected chi connectivity index (χ0v) is 10.6. The lowest BCUT2D eigenvalue weighted by atomic mass is 9.96. The Bertz CT molecular complexity index is 333. The number of likely N-dealkylation sites (N-methyl/N-ethyl adjacent to an activating group) is 1. The average Bonchev–Trinajstić information content (AvgIpc) is 2.33. The average molecular weight is 235 g/mol. The van der Waals surface area contributed by atoms with Crippen LogP contribution in [0.25, 0.3) is 0 Å². The normalized spacial score (nSPS) is 17.5. The molecule has 1 atom stereocenters. The number of hydrogen-bond acceptors (Lipinski definition) is 3. The summed E-state index contributed by atoms with van der Waals surface area (Å²) in [5.41, 5.74) is 1.24. The molecule has 1 N–H and O–H groups in total. The molecule has 0 radical (unpaired) electrons. The van der Waals surface area contributed by atoms with Crippen LogP contribution in [0.1, 0.15) is 30.9 Å². The molecule has 1 saturated carbocycles. The van der Waals surface area contributed by atoms with Crippen molar-refractivity contribution in [3.8, 4) is 5.75 Å². The van der Waals surface area contributed by atoms with E-state index in [9.17, 15) is 0 Å². The number of nitrogens with one attached hydrogen (secondary N) is 1. The second-order valence-electron chi connectivity index (χ2n) is 4.50. The van der Waals surface area contributed by atoms with Crippen molar-refractivity contribution in [2.45, 2.75) is 31.4 Å². The van der Waals surface area contributed by atoms with E-state index in [1.54, 1.807) is 7.11 Å². The van der Waals surface area contributed by atoms with Gasteiger partial charge in [0.15, 0.2) is 0 Å². The van der Waals surface area contributed by atoms with Gasteiger partial charge in [0.2, 0.25) is 0 Å². The SMILES string of the molecule is CNC(COC1CCC1)c1ccc(OC)cc1. The van der Waals surface area contributed by atoms with Crippen molar-refractivity contribution >= 4 is 0 Å². The number of rotatable bonds is 6. The standard InChI is InChI=1S/C14H21NO2/c1-15-14(10-17-13-4-3-5-13)11-6-8-12(16-2)9-7-11/h6-9,13-15H,3-5,10H2,1-2H3. The van der Waals surface area contributed by atoms with Gasteiger partial charge in [0, 0.05) is 0 Å². The maximum Gasteiger partial charge on any atom is 0.118 e. The molecule has 0 saturated heterocycles. The first-order valence-corrected chi connectivity index (χ1v) is 6.26. The molecular formula is C14H21NO2. The maximum absolute atomic E-state index is 5.85. The highest BCUT2D eigenvalue weighted by Gasteiger charge is 2.19. The van der Waals surface area contributed by atoms with Gasteiger partial charge in [0.05, 0.1) is 25.9 Å². The third-order valence-corrected chi connectivity index (χ3v) is 3.42. The van der Waals surface area contributed by atoms with Gasteiger partial charge >= 0.3 is 0 Å². The summed E-state index contributed by atoms with van der Waals surface area (Å²) in [6.45, 7) is 0.744. The van der Waals surface area contributed by atoms with Gasteiger partial charge in [-0.2, -0.15) is 0 Å². The lowest BCUT2D eigenvalue weighted by molar-refractivity contribution is -0.00794. The molecule has 94 valence electrons. The predicted molar refractivity (Wildman–Crippen MR) is 68.4 cm³/mol.